The van der Waals surface area contributed by atoms with Crippen molar-refractivity contribution in [2.24, 2.45) is 5.73 Å². The lowest BCUT2D eigenvalue weighted by Gasteiger charge is -2.30. The first-order valence-electron chi connectivity index (χ1n) is 41.9. The first-order chi connectivity index (χ1) is 51.9. The van der Waals surface area contributed by atoms with Crippen molar-refractivity contribution in [1.29, 1.82) is 0 Å². The van der Waals surface area contributed by atoms with E-state index < -0.39 is 95.4 Å². The van der Waals surface area contributed by atoms with E-state index >= 15 is 0 Å². The molecule has 0 radical (unpaired) electrons. The molecule has 0 aliphatic heterocycles. The summed E-state index contributed by atoms with van der Waals surface area (Å²) >= 11 is 0. The monoisotopic (exact) mass is 1540 g/mol. The zero-order valence-corrected chi connectivity index (χ0v) is 68.8. The van der Waals surface area contributed by atoms with Gasteiger partial charge in [-0.2, -0.15) is 0 Å². The summed E-state index contributed by atoms with van der Waals surface area (Å²) in [4.78, 5) is 98.7. The molecule has 0 aliphatic carbocycles. The van der Waals surface area contributed by atoms with Gasteiger partial charge in [0.05, 0.1) is 19.8 Å². The van der Waals surface area contributed by atoms with Crippen LogP contribution < -0.4 is 5.73 Å². The largest absolute Gasteiger partial charge is 0.527 e. The van der Waals surface area contributed by atoms with Gasteiger partial charge in [-0.1, -0.05) is 374 Å². The van der Waals surface area contributed by atoms with E-state index in [9.17, 15) is 52.9 Å². The maximum absolute atomic E-state index is 14.6. The first kappa shape index (κ1) is 102. The van der Waals surface area contributed by atoms with Crippen LogP contribution in [0.1, 0.15) is 349 Å². The number of Topliss-reactive ketones (excluding diaryl/α,β-unsaturated/α-hetero) is 2. The second-order valence-corrected chi connectivity index (χ2v) is 30.9. The molecular formula is C87H149NO17P2. The van der Waals surface area contributed by atoms with Gasteiger partial charge < -0.3 is 34.5 Å². The number of esters is 2. The molecule has 0 aromatic rings. The molecule has 0 aromatic carbocycles. The van der Waals surface area contributed by atoms with Crippen molar-refractivity contribution >= 4 is 45.1 Å². The Labute approximate surface area is 648 Å². The molecule has 6 atom stereocenters. The summed E-state index contributed by atoms with van der Waals surface area (Å²) < 4.78 is 58.0. The molecule has 0 saturated heterocycles. The molecule has 6 N–H and O–H groups in total. The topological polar surface area (TPSA) is 282 Å². The summed E-state index contributed by atoms with van der Waals surface area (Å²) in [6.45, 7) is 5.94. The maximum atomic E-state index is 14.6. The first-order valence-corrected chi connectivity index (χ1v) is 45.0. The molecule has 0 aromatic heterocycles. The number of allylic oxidation sites excluding steroid dienone is 19. The third-order valence-corrected chi connectivity index (χ3v) is 19.6. The van der Waals surface area contributed by atoms with Gasteiger partial charge >= 0.3 is 33.6 Å². The Balaban J connectivity index is 6.93. The normalized spacial score (nSPS) is 14.6. The highest BCUT2D eigenvalue weighted by Crippen LogP contribution is 2.46. The Bertz CT molecular complexity index is 2600. The van der Waals surface area contributed by atoms with Crippen LogP contribution in [0, 0.1) is 0 Å². The van der Waals surface area contributed by atoms with Gasteiger partial charge in [0.25, 0.3) is 0 Å². The van der Waals surface area contributed by atoms with Crippen LogP contribution in [0.15, 0.2) is 122 Å². The minimum Gasteiger partial charge on any atom is -0.457 e. The third kappa shape index (κ3) is 69.0. The van der Waals surface area contributed by atoms with Crippen LogP contribution >= 0.6 is 15.6 Å². The van der Waals surface area contributed by atoms with Crippen molar-refractivity contribution in [3.63, 3.8) is 0 Å². The number of ether oxygens (including phenoxy) is 3. The minimum atomic E-state index is -5.53. The smallest absolute Gasteiger partial charge is 0.457 e. The van der Waals surface area contributed by atoms with Gasteiger partial charge in [0.2, 0.25) is 0 Å². The molecule has 0 fully saturated rings. The predicted octanol–water partition coefficient (Wildman–Crippen LogP) is 22.9. The van der Waals surface area contributed by atoms with Crippen molar-refractivity contribution in [1.82, 2.24) is 0 Å². The molecule has 18 nitrogen and oxygen atoms in total. The fourth-order valence-corrected chi connectivity index (χ4v) is 13.2. The van der Waals surface area contributed by atoms with Crippen LogP contribution in [0.3, 0.4) is 0 Å². The van der Waals surface area contributed by atoms with Crippen molar-refractivity contribution in [3.05, 3.63) is 122 Å². The van der Waals surface area contributed by atoms with Crippen LogP contribution in [0.4, 0.5) is 0 Å². The lowest BCUT2D eigenvalue weighted by molar-refractivity contribution is -0.174. The molecule has 107 heavy (non-hydrogen) atoms. The van der Waals surface area contributed by atoms with Crippen LogP contribution in [0.5, 0.6) is 0 Å². The molecular weight excluding hydrogens is 1390 g/mol. The zero-order chi connectivity index (χ0) is 78.6. The predicted molar refractivity (Wildman–Crippen MR) is 438 cm³/mol. The van der Waals surface area contributed by atoms with E-state index in [-0.39, 0.29) is 25.7 Å². The highest BCUT2D eigenvalue weighted by molar-refractivity contribution is 7.47. The molecule has 0 bridgehead atoms. The number of carbonyl (C=O) groups is 5. The Morgan fingerprint density at radius 1 is 0.374 bits per heavy atom. The molecule has 0 saturated carbocycles. The molecule has 0 aliphatic rings. The molecule has 0 rings (SSSR count). The second-order valence-electron chi connectivity index (χ2n) is 28.3. The Morgan fingerprint density at radius 3 is 1.14 bits per heavy atom. The number of rotatable bonds is 77. The molecule has 20 heteroatoms. The Hall–Kier alpha value is -4.71. The number of unbranched alkanes of at least 4 members (excludes halogenated alkanes) is 39. The number of aliphatic hydroxyl groups is 1. The summed E-state index contributed by atoms with van der Waals surface area (Å²) in [5.41, 5.74) is 5.73. The lowest BCUT2D eigenvalue weighted by atomic mass is 10.0. The lowest BCUT2D eigenvalue weighted by Crippen LogP contribution is -2.47. The fourth-order valence-electron chi connectivity index (χ4n) is 11.9. The van der Waals surface area contributed by atoms with Crippen molar-refractivity contribution in [3.8, 4) is 0 Å². The van der Waals surface area contributed by atoms with Crippen LogP contribution in [-0.2, 0) is 60.9 Å². The van der Waals surface area contributed by atoms with Gasteiger partial charge in [-0.05, 0) is 70.6 Å². The SMILES string of the molecule is CCCCC/C=C\C/C=C\C/C=C\C/C=C\CCCC(=O)O[C@@H](COC(C(=O)CCCCCCCCCCCCCCCCC)[C@H](CO)OC(=O)C=CC=CC=CC=CC=CC=CCCCCCCCCC)C(OP(=O)(O)OC[C@H](N)C(=O)OP(=O)(O)O)C(=O)CCCCCCCCCCCCCCCCC. The van der Waals surface area contributed by atoms with E-state index in [0.29, 0.717) is 38.5 Å². The highest BCUT2D eigenvalue weighted by atomic mass is 31.2. The molecule has 0 amide bonds. The van der Waals surface area contributed by atoms with E-state index in [0.717, 1.165) is 89.5 Å². The summed E-state index contributed by atoms with van der Waals surface area (Å²) in [5, 5.41) is 10.9. The van der Waals surface area contributed by atoms with E-state index in [4.69, 9.17) is 29.0 Å². The number of nitrogens with two attached hydrogens (primary N) is 1. The van der Waals surface area contributed by atoms with Crippen molar-refractivity contribution in [2.75, 3.05) is 19.8 Å². The van der Waals surface area contributed by atoms with Gasteiger partial charge in [0.15, 0.2) is 36.0 Å². The van der Waals surface area contributed by atoms with Crippen LogP contribution in [0.25, 0.3) is 0 Å². The number of carbonyl (C=O) groups excluding carboxylic acids is 5. The number of aliphatic hydroxyl groups excluding tert-OH is 1. The van der Waals surface area contributed by atoms with Crippen molar-refractivity contribution < 1.29 is 80.7 Å². The molecule has 614 valence electrons. The van der Waals surface area contributed by atoms with Gasteiger partial charge in [0.1, 0.15) is 6.04 Å². The van der Waals surface area contributed by atoms with E-state index in [1.165, 1.54) is 179 Å². The zero-order valence-electron chi connectivity index (χ0n) is 67.0. The standard InChI is InChI=1S/C87H149NO17P2/c1-5-9-13-17-21-25-29-33-37-39-40-42-46-49-53-57-61-65-69-73-83(92)102-81(75-89)85(79(90)71-67-63-59-55-51-47-43-35-31-27-23-19-15-11-7-3)100-77-82(103-84(93)74-70-66-62-58-54-50-45-41-38-34-30-26-22-18-14-10-6-2)86(104-107(98,99)101-76-78(88)87(94)105-106(95,96)97)80(91)72-68-64-60-56-52-48-44-36-32-28-24-20-16-12-8-4/h22,26,34,37-40,42,45-46,49-50,53,57-58,61-62,65,69,73,78,81-82,85-86,89H,5-21,23-25,27-33,35-36,41,43-44,47-48,51-52,54-56,59-60,63-64,66-68,70-72,74-77,88H2,1-4H3,(H,98,99)(H2,95,96,97)/b26-22-,38-34-,39-37?,42-40?,49-46?,50-45-,57-53?,62-58-,65-61?,73-69?/t78-,81-,82-,85?,86?/m0/s1. The molecule has 0 spiro atoms. The fraction of sp³-hybridized carbons (Fsp3) is 0.713. The molecule has 3 unspecified atom stereocenters. The average Bonchev–Trinajstić information content (AvgIpc) is 0.836. The average molecular weight is 1540 g/mol. The number of hydrogen-bond acceptors (Lipinski definition) is 15. The quantitative estimate of drug-likeness (QED) is 0.00945. The van der Waals surface area contributed by atoms with E-state index in [1.54, 1.807) is 18.2 Å². The number of phosphoric ester groups is 2. The summed E-state index contributed by atoms with van der Waals surface area (Å²) in [6.07, 6.45) is 80.6. The third-order valence-electron chi connectivity index (χ3n) is 18.3. The highest BCUT2D eigenvalue weighted by Gasteiger charge is 2.42. The van der Waals surface area contributed by atoms with Crippen molar-refractivity contribution in [2.45, 2.75) is 379 Å². The summed E-state index contributed by atoms with van der Waals surface area (Å²) in [6, 6.07) is -2.02. The van der Waals surface area contributed by atoms with Gasteiger partial charge in [-0.15, -0.1) is 0 Å². The number of hydrogen-bond donors (Lipinski definition) is 5. The Kier molecular flexibility index (Phi) is 72.0. The van der Waals surface area contributed by atoms with E-state index in [1.807, 2.05) is 54.7 Å². The van der Waals surface area contributed by atoms with Gasteiger partial charge in [-0.25, -0.2) is 18.7 Å². The van der Waals surface area contributed by atoms with Gasteiger partial charge in [-0.3, -0.25) is 33.2 Å². The minimum absolute atomic E-state index is 0.0630. The van der Waals surface area contributed by atoms with Gasteiger partial charge in [0, 0.05) is 25.3 Å². The van der Waals surface area contributed by atoms with Crippen LogP contribution in [-0.4, -0.2) is 99.5 Å². The van der Waals surface area contributed by atoms with E-state index in [2.05, 4.69) is 68.7 Å². The maximum Gasteiger partial charge on any atom is 0.527 e. The summed E-state index contributed by atoms with van der Waals surface area (Å²) in [7, 11) is -10.9. The Morgan fingerprint density at radius 2 is 0.720 bits per heavy atom. The second kappa shape index (κ2) is 75.3. The summed E-state index contributed by atoms with van der Waals surface area (Å²) in [5.74, 6) is -4.83. The van der Waals surface area contributed by atoms with Crippen LogP contribution in [0.2, 0.25) is 0 Å². The number of phosphoric acid groups is 2. The molecule has 0 heterocycles. The number of ketones is 2.